The largest absolute Gasteiger partial charge is 0.497 e. The number of carbonyl (C=O) groups is 4. The van der Waals surface area contributed by atoms with Gasteiger partial charge in [-0.2, -0.15) is 0 Å². The number of nitrogens with two attached hydrogens (primary N) is 2. The van der Waals surface area contributed by atoms with Crippen LogP contribution in [0.4, 0.5) is 0 Å². The number of benzene rings is 4. The molecule has 0 radical (unpaired) electrons. The van der Waals surface area contributed by atoms with Crippen molar-refractivity contribution in [2.24, 2.45) is 21.5 Å². The minimum atomic E-state index is -4.02. The molecule has 0 aliphatic heterocycles. The van der Waals surface area contributed by atoms with Gasteiger partial charge in [-0.05, 0) is 156 Å². The molecule has 6 aromatic rings. The summed E-state index contributed by atoms with van der Waals surface area (Å²) in [5.74, 6) is -0.852. The quantitative estimate of drug-likeness (QED) is 0.0163. The Kier molecular flexibility index (Phi) is 23.5. The second-order valence-corrected chi connectivity index (χ2v) is 24.2. The van der Waals surface area contributed by atoms with Gasteiger partial charge < -0.3 is 57.5 Å². The predicted octanol–water partition coefficient (Wildman–Crippen LogP) is 4.41. The number of aromatic nitrogens is 2. The molecule has 25 heteroatoms. The molecule has 84 heavy (non-hydrogen) atoms. The van der Waals surface area contributed by atoms with Crippen LogP contribution in [0.25, 0.3) is 21.8 Å². The van der Waals surface area contributed by atoms with Crippen LogP contribution in [-0.4, -0.2) is 128 Å². The van der Waals surface area contributed by atoms with E-state index >= 15 is 0 Å². The van der Waals surface area contributed by atoms with Crippen LogP contribution in [0.1, 0.15) is 89.5 Å². The molecule has 0 bridgehead atoms. The molecule has 0 unspecified atom stereocenters. The van der Waals surface area contributed by atoms with Crippen LogP contribution in [0.2, 0.25) is 0 Å². The Balaban J connectivity index is 0.967. The van der Waals surface area contributed by atoms with Crippen molar-refractivity contribution >= 4 is 77.4 Å². The smallest absolute Gasteiger partial charge is 0.264 e. The summed E-state index contributed by atoms with van der Waals surface area (Å²) in [5.41, 5.74) is 19.3. The minimum absolute atomic E-state index is 0.00486. The van der Waals surface area contributed by atoms with Crippen LogP contribution in [0, 0.1) is 41.5 Å². The average molecular weight is 1200 g/mol. The molecule has 23 nitrogen and oxygen atoms in total. The predicted molar refractivity (Wildman–Crippen MR) is 327 cm³/mol. The van der Waals surface area contributed by atoms with Gasteiger partial charge in [-0.1, -0.05) is 41.8 Å². The van der Waals surface area contributed by atoms with Gasteiger partial charge >= 0.3 is 0 Å². The Morgan fingerprint density at radius 3 is 1.36 bits per heavy atom. The highest BCUT2D eigenvalue weighted by Gasteiger charge is 2.25. The first-order chi connectivity index (χ1) is 40.0. The van der Waals surface area contributed by atoms with Gasteiger partial charge in [0.15, 0.2) is 0 Å². The van der Waals surface area contributed by atoms with Crippen LogP contribution in [-0.2, 0) is 52.1 Å². The highest BCUT2D eigenvalue weighted by molar-refractivity contribution is 7.90. The maximum atomic E-state index is 13.7. The maximum absolute atomic E-state index is 13.7. The van der Waals surface area contributed by atoms with Crippen molar-refractivity contribution in [1.29, 1.82) is 0 Å². The number of fused-ring (bicyclic) bond motifs is 2. The molecule has 0 saturated carbocycles. The Morgan fingerprint density at radius 1 is 0.536 bits per heavy atom. The number of nitrogens with one attached hydrogen (secondary N) is 9. The van der Waals surface area contributed by atoms with Crippen molar-refractivity contribution in [3.8, 4) is 11.5 Å². The fourth-order valence-electron chi connectivity index (χ4n) is 10.3. The Hall–Kier alpha value is -8.16. The molecule has 0 spiro atoms. The van der Waals surface area contributed by atoms with Gasteiger partial charge in [-0.25, -0.2) is 26.3 Å². The number of hydrogen-bond donors (Lipinski definition) is 11. The van der Waals surface area contributed by atoms with Gasteiger partial charge in [-0.15, -0.1) is 0 Å². The summed E-state index contributed by atoms with van der Waals surface area (Å²) >= 11 is 0. The Morgan fingerprint density at radius 2 is 0.940 bits per heavy atom. The number of guanidine groups is 2. The molecule has 2 heterocycles. The number of aryl methyl sites for hydroxylation is 6. The van der Waals surface area contributed by atoms with Crippen LogP contribution < -0.4 is 57.0 Å². The lowest BCUT2D eigenvalue weighted by atomic mass is 10.1. The first kappa shape index (κ1) is 65.0. The normalized spacial score (nSPS) is 12.9. The van der Waals surface area contributed by atoms with E-state index in [1.54, 1.807) is 78.6 Å². The minimum Gasteiger partial charge on any atom is -0.497 e. The second-order valence-electron chi connectivity index (χ2n) is 20.9. The SMILES string of the molecule is COc1ccc2[nH]cc(CC(=O)N[C@H](CCCN=C(N)NS(=O)(=O)c3c(C)cc(C)cc3C)C(=O)NCCCCCNCCNC(=O)[C@@H](CCCN=C(N)NS(=O)(=O)c3c(C)cc(C)cc3C)NC(=O)Cc3c[nH]c4ccc(OC)cc34)c2c1. The summed E-state index contributed by atoms with van der Waals surface area (Å²) in [5, 5.41) is 16.6. The number of nitrogens with zero attached hydrogens (tertiary/aromatic N) is 2. The Bertz CT molecular complexity index is 3320. The van der Waals surface area contributed by atoms with E-state index < -0.39 is 38.0 Å². The number of ether oxygens (including phenoxy) is 2. The fourth-order valence-corrected chi connectivity index (χ4v) is 13.1. The maximum Gasteiger partial charge on any atom is 0.264 e. The molecule has 4 amide bonds. The van der Waals surface area contributed by atoms with Gasteiger partial charge in [0.1, 0.15) is 23.6 Å². The zero-order valence-corrected chi connectivity index (χ0v) is 50.8. The molecule has 0 saturated heterocycles. The van der Waals surface area contributed by atoms with E-state index in [1.165, 1.54) is 0 Å². The molecule has 2 atom stereocenters. The molecular formula is C59H81N13O10S2. The number of carbonyl (C=O) groups excluding carboxylic acids is 4. The molecule has 6 rings (SSSR count). The van der Waals surface area contributed by atoms with Crippen molar-refractivity contribution in [3.05, 3.63) is 118 Å². The summed E-state index contributed by atoms with van der Waals surface area (Å²) in [7, 11) is -4.91. The highest BCUT2D eigenvalue weighted by Crippen LogP contribution is 2.27. The molecule has 13 N–H and O–H groups in total. The van der Waals surface area contributed by atoms with Crippen molar-refractivity contribution in [2.45, 2.75) is 121 Å². The monoisotopic (exact) mass is 1200 g/mol. The van der Waals surface area contributed by atoms with Gasteiger partial charge in [0.25, 0.3) is 20.0 Å². The number of sulfonamides is 2. The standard InChI is InChI=1S/C59H81N13O10S2/c1-36-26-38(3)54(39(4)27-36)83(77,78)71-58(60)65-22-12-14-50(69-52(73)30-42-34-67-48-18-16-44(81-7)32-46(42)48)56(75)63-21-11-9-10-20-62-24-25-64-57(76)51(70-53(74)31-43-35-68-49-19-17-45(82-8)33-47(43)49)15-13-23-66-59(61)72-84(79,80)55-40(5)28-37(2)29-41(55)6/h16-19,26-29,32-35,50-51,62,67-68H,9-15,20-25,30-31H2,1-8H3,(H,63,75)(H,64,76)(H,69,73)(H,70,74)(H3,60,65,71)(H3,61,66,72)/t50-,51-/m1/s1. The molecule has 2 aromatic heterocycles. The second kappa shape index (κ2) is 30.4. The summed E-state index contributed by atoms with van der Waals surface area (Å²) in [6, 6.07) is 16.3. The van der Waals surface area contributed by atoms with E-state index in [0.717, 1.165) is 56.9 Å². The van der Waals surface area contributed by atoms with E-state index in [9.17, 15) is 36.0 Å². The number of unbranched alkanes of at least 4 members (excludes halogenated alkanes) is 2. The number of hydrogen-bond acceptors (Lipinski definition) is 13. The van der Waals surface area contributed by atoms with Crippen LogP contribution in [0.15, 0.2) is 92.8 Å². The highest BCUT2D eigenvalue weighted by atomic mass is 32.2. The van der Waals surface area contributed by atoms with Crippen molar-refractivity contribution in [3.63, 3.8) is 0 Å². The number of amides is 4. The number of rotatable bonds is 31. The van der Waals surface area contributed by atoms with Crippen LogP contribution >= 0.6 is 0 Å². The summed E-state index contributed by atoms with van der Waals surface area (Å²) in [6.07, 6.45) is 6.59. The summed E-state index contributed by atoms with van der Waals surface area (Å²) < 4.78 is 68.4. The summed E-state index contributed by atoms with van der Waals surface area (Å²) in [4.78, 5) is 69.3. The fraction of sp³-hybridized carbons (Fsp3) is 0.424. The van der Waals surface area contributed by atoms with Gasteiger partial charge in [-0.3, -0.25) is 29.2 Å². The number of H-pyrrole nitrogens is 2. The van der Waals surface area contributed by atoms with E-state index in [4.69, 9.17) is 20.9 Å². The summed E-state index contributed by atoms with van der Waals surface area (Å²) in [6.45, 7) is 12.4. The topological polar surface area (TPSA) is 348 Å². The molecule has 454 valence electrons. The van der Waals surface area contributed by atoms with E-state index in [2.05, 4.69) is 56.0 Å². The first-order valence-corrected chi connectivity index (χ1v) is 30.9. The number of aromatic amines is 2. The lowest BCUT2D eigenvalue weighted by Crippen LogP contribution is -2.48. The third-order valence-corrected chi connectivity index (χ3v) is 17.3. The number of aliphatic imine (C=N–C) groups is 2. The third-order valence-electron chi connectivity index (χ3n) is 14.0. The molecular weight excluding hydrogens is 1110 g/mol. The van der Waals surface area contributed by atoms with E-state index in [0.29, 0.717) is 66.2 Å². The van der Waals surface area contributed by atoms with E-state index in [1.807, 2.05) is 50.2 Å². The Labute approximate surface area is 491 Å². The lowest BCUT2D eigenvalue weighted by Gasteiger charge is -2.19. The first-order valence-electron chi connectivity index (χ1n) is 27.9. The van der Waals surface area contributed by atoms with Crippen molar-refractivity contribution in [2.75, 3.05) is 53.5 Å². The van der Waals surface area contributed by atoms with Gasteiger partial charge in [0, 0.05) is 66.9 Å². The zero-order valence-electron chi connectivity index (χ0n) is 49.1. The molecule has 0 aliphatic rings. The van der Waals surface area contributed by atoms with Crippen LogP contribution in [0.5, 0.6) is 11.5 Å². The van der Waals surface area contributed by atoms with Gasteiger partial charge in [0.05, 0.1) is 36.9 Å². The lowest BCUT2D eigenvalue weighted by molar-refractivity contribution is -0.128. The van der Waals surface area contributed by atoms with E-state index in [-0.39, 0.29) is 91.2 Å². The molecule has 4 aromatic carbocycles. The third kappa shape index (κ3) is 18.7. The molecule has 0 aliphatic carbocycles. The van der Waals surface area contributed by atoms with Crippen molar-refractivity contribution in [1.82, 2.24) is 46.0 Å². The number of methoxy groups -OCH3 is 2. The molecule has 0 fully saturated rings. The van der Waals surface area contributed by atoms with Crippen molar-refractivity contribution < 1.29 is 45.5 Å². The zero-order chi connectivity index (χ0) is 61.1. The average Bonchev–Trinajstić information content (AvgIpc) is 4.18. The van der Waals surface area contributed by atoms with Gasteiger partial charge in [0.2, 0.25) is 35.5 Å². The van der Waals surface area contributed by atoms with Crippen LogP contribution in [0.3, 0.4) is 0 Å².